The van der Waals surface area contributed by atoms with E-state index in [1.54, 1.807) is 0 Å². The summed E-state index contributed by atoms with van der Waals surface area (Å²) in [6, 6.07) is 10.3. The van der Waals surface area contributed by atoms with Crippen LogP contribution in [0.15, 0.2) is 30.3 Å². The van der Waals surface area contributed by atoms with Gasteiger partial charge in [0.2, 0.25) is 0 Å². The van der Waals surface area contributed by atoms with Crippen molar-refractivity contribution in [2.45, 2.75) is 44.4 Å². The monoisotopic (exact) mass is 245 g/mol. The zero-order chi connectivity index (χ0) is 12.8. The van der Waals surface area contributed by atoms with E-state index in [4.69, 9.17) is 4.74 Å². The van der Waals surface area contributed by atoms with Gasteiger partial charge in [-0.25, -0.2) is 4.79 Å². The minimum absolute atomic E-state index is 0.0408. The molecule has 3 heteroatoms. The minimum atomic E-state index is -0.386. The van der Waals surface area contributed by atoms with Gasteiger partial charge in [0.15, 0.2) is 5.54 Å². The van der Waals surface area contributed by atoms with Crippen LogP contribution in [0, 0.1) is 0 Å². The first-order valence-corrected chi connectivity index (χ1v) is 6.59. The molecule has 0 unspecified atom stereocenters. The molecule has 2 fully saturated rings. The van der Waals surface area contributed by atoms with Gasteiger partial charge in [0, 0.05) is 6.54 Å². The van der Waals surface area contributed by atoms with E-state index in [1.165, 1.54) is 5.56 Å². The lowest BCUT2D eigenvalue weighted by Crippen LogP contribution is -2.74. The summed E-state index contributed by atoms with van der Waals surface area (Å²) in [4.78, 5) is 14.3. The predicted molar refractivity (Wildman–Crippen MR) is 69.0 cm³/mol. The summed E-state index contributed by atoms with van der Waals surface area (Å²) >= 11 is 0. The summed E-state index contributed by atoms with van der Waals surface area (Å²) in [6.07, 6.45) is 2.00. The molecule has 2 aliphatic heterocycles. The van der Waals surface area contributed by atoms with Crippen molar-refractivity contribution in [1.29, 1.82) is 0 Å². The summed E-state index contributed by atoms with van der Waals surface area (Å²) in [5, 5.41) is 0. The number of likely N-dealkylation sites (tertiary alicyclic amines) is 1. The molecule has 0 N–H and O–H groups in total. The standard InChI is InChI=1S/C15H19NO2/c1-14(2)15(13(17)18-14)9-6-10-16(15)11-12-7-4-3-5-8-12/h3-5,7-8H,6,9-11H2,1-2H3/t15-/m0/s1. The van der Waals surface area contributed by atoms with Gasteiger partial charge >= 0.3 is 5.97 Å². The average Bonchev–Trinajstić information content (AvgIpc) is 2.77. The fraction of sp³-hybridized carbons (Fsp3) is 0.533. The molecule has 1 aromatic carbocycles. The lowest BCUT2D eigenvalue weighted by atomic mass is 9.74. The molecule has 2 aliphatic rings. The number of ether oxygens (including phenoxy) is 1. The SMILES string of the molecule is CC1(C)OC(=O)[C@@]12CCCN2Cc1ccccc1. The number of hydrogen-bond donors (Lipinski definition) is 0. The number of carbonyl (C=O) groups is 1. The summed E-state index contributed by atoms with van der Waals surface area (Å²) in [6.45, 7) is 5.86. The van der Waals surface area contributed by atoms with E-state index in [-0.39, 0.29) is 17.1 Å². The highest BCUT2D eigenvalue weighted by Gasteiger charge is 2.68. The van der Waals surface area contributed by atoms with Gasteiger partial charge in [0.05, 0.1) is 0 Å². The molecular formula is C15H19NO2. The molecule has 0 aromatic heterocycles. The van der Waals surface area contributed by atoms with Crippen molar-refractivity contribution < 1.29 is 9.53 Å². The molecule has 1 aromatic rings. The average molecular weight is 245 g/mol. The van der Waals surface area contributed by atoms with Gasteiger partial charge in [-0.1, -0.05) is 30.3 Å². The number of esters is 1. The number of nitrogens with zero attached hydrogens (tertiary/aromatic N) is 1. The van der Waals surface area contributed by atoms with E-state index in [0.29, 0.717) is 0 Å². The Balaban J connectivity index is 1.86. The Bertz CT molecular complexity index is 469. The summed E-state index contributed by atoms with van der Waals surface area (Å²) in [5.41, 5.74) is 0.521. The Hall–Kier alpha value is -1.35. The smallest absolute Gasteiger partial charge is 0.331 e. The molecule has 18 heavy (non-hydrogen) atoms. The zero-order valence-corrected chi connectivity index (χ0v) is 11.0. The van der Waals surface area contributed by atoms with Crippen molar-refractivity contribution in [3.05, 3.63) is 35.9 Å². The predicted octanol–water partition coefficient (Wildman–Crippen LogP) is 2.36. The quantitative estimate of drug-likeness (QED) is 0.749. The first kappa shape index (κ1) is 11.7. The Morgan fingerprint density at radius 3 is 2.61 bits per heavy atom. The first-order valence-electron chi connectivity index (χ1n) is 6.59. The van der Waals surface area contributed by atoms with Crippen LogP contribution in [-0.2, 0) is 16.1 Å². The van der Waals surface area contributed by atoms with Crippen LogP contribution in [0.5, 0.6) is 0 Å². The Morgan fingerprint density at radius 1 is 1.28 bits per heavy atom. The summed E-state index contributed by atoms with van der Waals surface area (Å²) in [5.74, 6) is -0.0408. The fourth-order valence-electron chi connectivity index (χ4n) is 3.41. The lowest BCUT2D eigenvalue weighted by Gasteiger charge is -2.55. The third-order valence-electron chi connectivity index (χ3n) is 4.40. The van der Waals surface area contributed by atoms with Crippen LogP contribution in [0.25, 0.3) is 0 Å². The second kappa shape index (κ2) is 3.82. The maximum atomic E-state index is 12.0. The van der Waals surface area contributed by atoms with E-state index in [2.05, 4.69) is 17.0 Å². The normalized spacial score (nSPS) is 30.2. The third kappa shape index (κ3) is 1.43. The van der Waals surface area contributed by atoms with Gasteiger partial charge in [-0.15, -0.1) is 0 Å². The third-order valence-corrected chi connectivity index (χ3v) is 4.40. The van der Waals surface area contributed by atoms with Crippen molar-refractivity contribution in [3.63, 3.8) is 0 Å². The van der Waals surface area contributed by atoms with Crippen LogP contribution in [-0.4, -0.2) is 28.6 Å². The topological polar surface area (TPSA) is 29.5 Å². The molecule has 1 spiro atoms. The maximum Gasteiger partial charge on any atom is 0.331 e. The molecule has 2 saturated heterocycles. The molecule has 0 bridgehead atoms. The number of benzene rings is 1. The highest BCUT2D eigenvalue weighted by molar-refractivity contribution is 5.89. The second-order valence-electron chi connectivity index (χ2n) is 5.77. The molecule has 96 valence electrons. The molecule has 3 rings (SSSR count). The molecule has 0 amide bonds. The minimum Gasteiger partial charge on any atom is -0.456 e. The van der Waals surface area contributed by atoms with Crippen molar-refractivity contribution in [1.82, 2.24) is 4.90 Å². The first-order chi connectivity index (χ1) is 8.56. The van der Waals surface area contributed by atoms with Gasteiger partial charge in [0.1, 0.15) is 5.60 Å². The molecule has 0 aliphatic carbocycles. The largest absolute Gasteiger partial charge is 0.456 e. The van der Waals surface area contributed by atoms with Gasteiger partial charge in [-0.3, -0.25) is 4.90 Å². The van der Waals surface area contributed by atoms with Crippen LogP contribution in [0.4, 0.5) is 0 Å². The fourth-order valence-corrected chi connectivity index (χ4v) is 3.41. The van der Waals surface area contributed by atoms with Gasteiger partial charge in [-0.2, -0.15) is 0 Å². The summed E-state index contributed by atoms with van der Waals surface area (Å²) in [7, 11) is 0. The van der Waals surface area contributed by atoms with Crippen LogP contribution >= 0.6 is 0 Å². The highest BCUT2D eigenvalue weighted by atomic mass is 16.6. The Kier molecular flexibility index (Phi) is 2.49. The summed E-state index contributed by atoms with van der Waals surface area (Å²) < 4.78 is 5.35. The molecule has 0 saturated carbocycles. The van der Waals surface area contributed by atoms with Crippen LogP contribution in [0.1, 0.15) is 32.3 Å². The van der Waals surface area contributed by atoms with Crippen LogP contribution in [0.2, 0.25) is 0 Å². The van der Waals surface area contributed by atoms with Crippen LogP contribution in [0.3, 0.4) is 0 Å². The molecule has 2 heterocycles. The number of cyclic esters (lactones) is 1. The van der Waals surface area contributed by atoms with Crippen molar-refractivity contribution in [2.24, 2.45) is 0 Å². The second-order valence-corrected chi connectivity index (χ2v) is 5.77. The van der Waals surface area contributed by atoms with Gasteiger partial charge in [-0.05, 0) is 38.8 Å². The lowest BCUT2D eigenvalue weighted by molar-refractivity contribution is -0.233. The van der Waals surface area contributed by atoms with Crippen LogP contribution < -0.4 is 0 Å². The van der Waals surface area contributed by atoms with E-state index in [9.17, 15) is 4.79 Å². The van der Waals surface area contributed by atoms with Crippen molar-refractivity contribution >= 4 is 5.97 Å². The Morgan fingerprint density at radius 2 is 2.00 bits per heavy atom. The van der Waals surface area contributed by atoms with Gasteiger partial charge in [0.25, 0.3) is 0 Å². The van der Waals surface area contributed by atoms with E-state index in [1.807, 2.05) is 32.0 Å². The molecule has 1 atom stereocenters. The number of carbonyl (C=O) groups excluding carboxylic acids is 1. The van der Waals surface area contributed by atoms with E-state index < -0.39 is 0 Å². The Labute approximate surface area is 108 Å². The zero-order valence-electron chi connectivity index (χ0n) is 11.0. The number of rotatable bonds is 2. The molecular weight excluding hydrogens is 226 g/mol. The van der Waals surface area contributed by atoms with E-state index >= 15 is 0 Å². The highest BCUT2D eigenvalue weighted by Crippen LogP contribution is 2.49. The molecule has 3 nitrogen and oxygen atoms in total. The van der Waals surface area contributed by atoms with Crippen molar-refractivity contribution in [2.75, 3.05) is 6.54 Å². The van der Waals surface area contributed by atoms with Crippen molar-refractivity contribution in [3.8, 4) is 0 Å². The maximum absolute atomic E-state index is 12.0. The number of hydrogen-bond acceptors (Lipinski definition) is 3. The van der Waals surface area contributed by atoms with E-state index in [0.717, 1.165) is 25.9 Å². The molecule has 0 radical (unpaired) electrons. The van der Waals surface area contributed by atoms with Gasteiger partial charge < -0.3 is 4.74 Å².